The molecule has 4 N–H and O–H groups in total. The van der Waals surface area contributed by atoms with Crippen LogP contribution >= 0.6 is 0 Å². The number of hydrogen-bond acceptors (Lipinski definition) is 12. The highest BCUT2D eigenvalue weighted by Gasteiger charge is 2.34. The molecule has 17 nitrogen and oxygen atoms in total. The van der Waals surface area contributed by atoms with E-state index in [4.69, 9.17) is 23.5 Å². The summed E-state index contributed by atoms with van der Waals surface area (Å²) >= 11 is 0. The Hall–Kier alpha value is -3.03. The summed E-state index contributed by atoms with van der Waals surface area (Å²) in [7, 11) is -2.63. The van der Waals surface area contributed by atoms with Crippen LogP contribution in [0.3, 0.4) is 0 Å². The third-order valence-corrected chi connectivity index (χ3v) is 9.90. The van der Waals surface area contributed by atoms with Gasteiger partial charge < -0.3 is 39.8 Å². The highest BCUT2D eigenvalue weighted by Crippen LogP contribution is 2.27. The standard InChI is InChI=1S/C41H76N4O13S/c1-31(2)38(44-36(49)15-20-45(21-17-40(3,4)5)37(50)14-13-34(47)43-19-29-59(52,53)54)33(46)30-32(39(51)41(6,7)8)12-10-11-18-42-35(48)16-22-56-25-26-58-28-27-57-24-23-55-9/h31-32,38H,10-30H2,1-9H3,(H,42,48)(H,43,47)(H,44,49)(H,52,53,54)/t32-,38+/m1/s1. The van der Waals surface area contributed by atoms with E-state index in [0.717, 1.165) is 0 Å². The maximum Gasteiger partial charge on any atom is 0.266 e. The van der Waals surface area contributed by atoms with Gasteiger partial charge in [-0.2, -0.15) is 8.42 Å². The van der Waals surface area contributed by atoms with E-state index in [1.54, 1.807) is 7.11 Å². The molecule has 0 aromatic rings. The van der Waals surface area contributed by atoms with Gasteiger partial charge in [0, 0.05) is 76.7 Å². The Morgan fingerprint density at radius 1 is 0.695 bits per heavy atom. The van der Waals surface area contributed by atoms with Gasteiger partial charge >= 0.3 is 0 Å². The van der Waals surface area contributed by atoms with Crippen LogP contribution in [-0.4, -0.2) is 144 Å². The second kappa shape index (κ2) is 30.1. The normalized spacial score (nSPS) is 13.1. The summed E-state index contributed by atoms with van der Waals surface area (Å²) in [5.74, 6) is -3.27. The molecule has 0 saturated carbocycles. The first-order valence-electron chi connectivity index (χ1n) is 20.8. The predicted molar refractivity (Wildman–Crippen MR) is 224 cm³/mol. The third kappa shape index (κ3) is 30.6. The molecule has 59 heavy (non-hydrogen) atoms. The molecule has 0 radical (unpaired) electrons. The quantitative estimate of drug-likeness (QED) is 0.0539. The van der Waals surface area contributed by atoms with Crippen molar-refractivity contribution in [2.45, 2.75) is 119 Å². The molecular weight excluding hydrogens is 789 g/mol. The zero-order valence-electron chi connectivity index (χ0n) is 37.3. The van der Waals surface area contributed by atoms with Gasteiger partial charge in [-0.3, -0.25) is 33.3 Å². The molecule has 0 saturated heterocycles. The van der Waals surface area contributed by atoms with Gasteiger partial charge in [-0.15, -0.1) is 0 Å². The molecule has 0 unspecified atom stereocenters. The maximum atomic E-state index is 13.7. The summed E-state index contributed by atoms with van der Waals surface area (Å²) in [4.78, 5) is 79.6. The SMILES string of the molecule is COCCOCCOCCOCCC(=O)NCCCC[C@H](CC(=O)[C@@H](NC(=O)CCN(CCC(C)(C)C)C(=O)CCC(=O)NCCS(=O)(=O)O)C(C)C)C(=O)C(C)(C)C. The number of Topliss-reactive ketones (excluding diaryl/α,β-unsaturated/α-hetero) is 2. The highest BCUT2D eigenvalue weighted by atomic mass is 32.2. The molecule has 0 aliphatic heterocycles. The predicted octanol–water partition coefficient (Wildman–Crippen LogP) is 3.13. The molecule has 18 heteroatoms. The zero-order valence-corrected chi connectivity index (χ0v) is 38.1. The van der Waals surface area contributed by atoms with Gasteiger partial charge in [-0.05, 0) is 30.6 Å². The minimum Gasteiger partial charge on any atom is -0.382 e. The van der Waals surface area contributed by atoms with Crippen molar-refractivity contribution in [3.63, 3.8) is 0 Å². The molecule has 0 aromatic heterocycles. The van der Waals surface area contributed by atoms with Gasteiger partial charge in [0.15, 0.2) is 5.78 Å². The number of carbonyl (C=O) groups excluding carboxylic acids is 6. The fourth-order valence-electron chi connectivity index (χ4n) is 5.71. The van der Waals surface area contributed by atoms with Crippen molar-refractivity contribution in [2.24, 2.45) is 22.7 Å². The number of ether oxygens (including phenoxy) is 4. The second-order valence-electron chi connectivity index (χ2n) is 17.3. The van der Waals surface area contributed by atoms with Crippen molar-refractivity contribution < 1.29 is 60.7 Å². The van der Waals surface area contributed by atoms with Crippen LogP contribution in [-0.2, 0) is 57.8 Å². The fraction of sp³-hybridized carbons (Fsp3) is 0.854. The van der Waals surface area contributed by atoms with E-state index < -0.39 is 45.1 Å². The van der Waals surface area contributed by atoms with Crippen LogP contribution in [0.2, 0.25) is 0 Å². The fourth-order valence-corrected chi connectivity index (χ4v) is 6.07. The lowest BCUT2D eigenvalue weighted by molar-refractivity contribution is -0.136. The van der Waals surface area contributed by atoms with Crippen molar-refractivity contribution >= 4 is 45.3 Å². The third-order valence-electron chi connectivity index (χ3n) is 9.18. The molecule has 0 bridgehead atoms. The Labute approximate surface area is 353 Å². The number of methoxy groups -OCH3 is 1. The van der Waals surface area contributed by atoms with Crippen molar-refractivity contribution in [2.75, 3.05) is 85.3 Å². The number of nitrogens with zero attached hydrogens (tertiary/aromatic N) is 1. The lowest BCUT2D eigenvalue weighted by atomic mass is 9.77. The van der Waals surface area contributed by atoms with E-state index in [0.29, 0.717) is 78.4 Å². The Balaban J connectivity index is 5.08. The molecule has 0 spiro atoms. The van der Waals surface area contributed by atoms with Crippen molar-refractivity contribution in [1.29, 1.82) is 0 Å². The largest absolute Gasteiger partial charge is 0.382 e. The first-order chi connectivity index (χ1) is 27.5. The lowest BCUT2D eigenvalue weighted by Crippen LogP contribution is -2.47. The molecule has 0 aliphatic carbocycles. The van der Waals surface area contributed by atoms with Crippen LogP contribution in [0.4, 0.5) is 0 Å². The van der Waals surface area contributed by atoms with Crippen LogP contribution in [0.15, 0.2) is 0 Å². The minimum atomic E-state index is -4.24. The van der Waals surface area contributed by atoms with Crippen LogP contribution in [0.1, 0.15) is 113 Å². The Morgan fingerprint density at radius 3 is 1.80 bits per heavy atom. The highest BCUT2D eigenvalue weighted by molar-refractivity contribution is 7.85. The molecule has 0 aromatic carbocycles. The monoisotopic (exact) mass is 865 g/mol. The van der Waals surface area contributed by atoms with Crippen molar-refractivity contribution in [1.82, 2.24) is 20.9 Å². The molecule has 0 heterocycles. The van der Waals surface area contributed by atoms with Gasteiger partial charge in [-0.1, -0.05) is 61.8 Å². The molecule has 2 atom stereocenters. The van der Waals surface area contributed by atoms with Gasteiger partial charge in [0.2, 0.25) is 23.6 Å². The first kappa shape index (κ1) is 56.0. The smallest absolute Gasteiger partial charge is 0.266 e. The zero-order chi connectivity index (χ0) is 45.1. The summed E-state index contributed by atoms with van der Waals surface area (Å²) in [6.45, 7) is 18.6. The first-order valence-corrected chi connectivity index (χ1v) is 22.4. The molecule has 0 aliphatic rings. The van der Waals surface area contributed by atoms with E-state index in [2.05, 4.69) is 16.0 Å². The van der Waals surface area contributed by atoms with Crippen molar-refractivity contribution in [3.05, 3.63) is 0 Å². The number of hydrogen-bond donors (Lipinski definition) is 4. The number of amides is 4. The van der Waals surface area contributed by atoms with Gasteiger partial charge in [0.1, 0.15) is 5.78 Å². The van der Waals surface area contributed by atoms with E-state index in [-0.39, 0.29) is 86.5 Å². The number of carbonyl (C=O) groups is 6. The van der Waals surface area contributed by atoms with Gasteiger partial charge in [0.25, 0.3) is 10.1 Å². The lowest BCUT2D eigenvalue weighted by Gasteiger charge is -2.28. The topological polar surface area (TPSA) is 233 Å². The summed E-state index contributed by atoms with van der Waals surface area (Å²) in [5.41, 5.74) is -0.812. The average Bonchev–Trinajstić information content (AvgIpc) is 3.12. The van der Waals surface area contributed by atoms with Gasteiger partial charge in [0.05, 0.1) is 58.0 Å². The van der Waals surface area contributed by atoms with E-state index >= 15 is 0 Å². The molecule has 0 fully saturated rings. The summed E-state index contributed by atoms with van der Waals surface area (Å²) in [5, 5.41) is 8.06. The van der Waals surface area contributed by atoms with Crippen LogP contribution in [0.5, 0.6) is 0 Å². The molecule has 4 amide bonds. The van der Waals surface area contributed by atoms with E-state index in [1.807, 2.05) is 55.4 Å². The average molecular weight is 865 g/mol. The van der Waals surface area contributed by atoms with Crippen LogP contribution < -0.4 is 16.0 Å². The van der Waals surface area contributed by atoms with Gasteiger partial charge in [-0.25, -0.2) is 0 Å². The van der Waals surface area contributed by atoms with Crippen LogP contribution in [0, 0.1) is 22.7 Å². The Kier molecular flexibility index (Phi) is 28.5. The van der Waals surface area contributed by atoms with E-state index in [1.165, 1.54) is 4.90 Å². The summed E-state index contributed by atoms with van der Waals surface area (Å²) in [6, 6.07) is -0.851. The Morgan fingerprint density at radius 2 is 1.25 bits per heavy atom. The second-order valence-corrected chi connectivity index (χ2v) is 18.8. The number of rotatable bonds is 34. The maximum absolute atomic E-state index is 13.7. The molecule has 0 rings (SSSR count). The van der Waals surface area contributed by atoms with Crippen LogP contribution in [0.25, 0.3) is 0 Å². The Bertz CT molecular complexity index is 1380. The molecular formula is C41H76N4O13S. The number of nitrogens with one attached hydrogen (secondary N) is 3. The number of ketones is 2. The minimum absolute atomic E-state index is 0.0457. The summed E-state index contributed by atoms with van der Waals surface area (Å²) in [6.07, 6.45) is 2.00. The molecule has 344 valence electrons. The number of unbranched alkanes of at least 4 members (excludes halogenated alkanes) is 1. The van der Waals surface area contributed by atoms with Crippen molar-refractivity contribution in [3.8, 4) is 0 Å². The summed E-state index contributed by atoms with van der Waals surface area (Å²) < 4.78 is 51.7. The van der Waals surface area contributed by atoms with E-state index in [9.17, 15) is 37.2 Å².